The minimum Gasteiger partial charge on any atom is -0.475 e. The van der Waals surface area contributed by atoms with Crippen molar-refractivity contribution in [1.29, 1.82) is 5.26 Å². The molecule has 0 radical (unpaired) electrons. The Morgan fingerprint density at radius 3 is 2.74 bits per heavy atom. The summed E-state index contributed by atoms with van der Waals surface area (Å²) in [7, 11) is 0. The van der Waals surface area contributed by atoms with E-state index in [1.807, 2.05) is 0 Å². The molecule has 1 aliphatic heterocycles. The van der Waals surface area contributed by atoms with Gasteiger partial charge in [-0.05, 0) is 19.3 Å². The standard InChI is InChI=1S/C15H23N3O/c1-2-6-12-9-14(13(10-16)15(17)19-12)18-11-7-4-3-5-8-11/h11-12H,2-9,17H2,1H3. The lowest BCUT2D eigenvalue weighted by molar-refractivity contribution is 0.104. The van der Waals surface area contributed by atoms with E-state index in [1.165, 1.54) is 19.3 Å². The van der Waals surface area contributed by atoms with Crippen LogP contribution >= 0.6 is 0 Å². The second-order valence-corrected chi connectivity index (χ2v) is 5.45. The van der Waals surface area contributed by atoms with Crippen LogP contribution in [0, 0.1) is 11.3 Å². The number of nitrogens with two attached hydrogens (primary N) is 1. The fraction of sp³-hybridized carbons (Fsp3) is 0.733. The highest BCUT2D eigenvalue weighted by atomic mass is 16.5. The molecule has 4 nitrogen and oxygen atoms in total. The van der Waals surface area contributed by atoms with E-state index in [4.69, 9.17) is 15.5 Å². The number of aliphatic imine (C=N–C) groups is 1. The molecule has 0 aromatic heterocycles. The number of hydrogen-bond donors (Lipinski definition) is 1. The van der Waals surface area contributed by atoms with Gasteiger partial charge in [0.25, 0.3) is 0 Å². The Kier molecular flexibility index (Phi) is 4.84. The molecule has 2 N–H and O–H groups in total. The van der Waals surface area contributed by atoms with Gasteiger partial charge in [-0.1, -0.05) is 32.6 Å². The van der Waals surface area contributed by atoms with Gasteiger partial charge in [0.15, 0.2) is 0 Å². The summed E-state index contributed by atoms with van der Waals surface area (Å²) in [6, 6.07) is 2.53. The van der Waals surface area contributed by atoms with E-state index >= 15 is 0 Å². The van der Waals surface area contributed by atoms with E-state index in [0.717, 1.165) is 37.8 Å². The van der Waals surface area contributed by atoms with E-state index in [-0.39, 0.29) is 12.0 Å². The first-order valence-electron chi connectivity index (χ1n) is 7.38. The van der Waals surface area contributed by atoms with Crippen LogP contribution in [0.25, 0.3) is 0 Å². The first-order chi connectivity index (χ1) is 9.24. The van der Waals surface area contributed by atoms with Crippen LogP contribution in [-0.4, -0.2) is 17.9 Å². The Balaban J connectivity index is 2.17. The zero-order valence-corrected chi connectivity index (χ0v) is 11.7. The fourth-order valence-electron chi connectivity index (χ4n) is 2.89. The molecule has 4 heteroatoms. The van der Waals surface area contributed by atoms with Gasteiger partial charge in [0.05, 0.1) is 11.8 Å². The number of hydrogen-bond acceptors (Lipinski definition) is 4. The minimum atomic E-state index is 0.0874. The van der Waals surface area contributed by atoms with Gasteiger partial charge in [-0.2, -0.15) is 5.26 Å². The molecule has 0 saturated heterocycles. The van der Waals surface area contributed by atoms with E-state index in [1.54, 1.807) is 0 Å². The zero-order valence-electron chi connectivity index (χ0n) is 11.7. The number of nitriles is 1. The van der Waals surface area contributed by atoms with Crippen molar-refractivity contribution >= 4 is 5.71 Å². The third-order valence-corrected chi connectivity index (χ3v) is 3.89. The van der Waals surface area contributed by atoms with E-state index in [2.05, 4.69) is 13.0 Å². The van der Waals surface area contributed by atoms with Crippen molar-refractivity contribution in [3.05, 3.63) is 11.5 Å². The molecule has 2 rings (SSSR count). The summed E-state index contributed by atoms with van der Waals surface area (Å²) in [5, 5.41) is 9.23. The lowest BCUT2D eigenvalue weighted by Crippen LogP contribution is -2.30. The van der Waals surface area contributed by atoms with E-state index in [0.29, 0.717) is 11.6 Å². The highest BCUT2D eigenvalue weighted by molar-refractivity contribution is 6.04. The summed E-state index contributed by atoms with van der Waals surface area (Å²) in [5.41, 5.74) is 7.19. The maximum Gasteiger partial charge on any atom is 0.204 e. The topological polar surface area (TPSA) is 71.4 Å². The van der Waals surface area contributed by atoms with Gasteiger partial charge in [0.2, 0.25) is 5.88 Å². The van der Waals surface area contributed by atoms with Crippen molar-refractivity contribution in [2.45, 2.75) is 70.4 Å². The first kappa shape index (κ1) is 13.9. The van der Waals surface area contributed by atoms with Crippen LogP contribution in [0.15, 0.2) is 16.4 Å². The van der Waals surface area contributed by atoms with Crippen LogP contribution in [0.2, 0.25) is 0 Å². The third-order valence-electron chi connectivity index (χ3n) is 3.89. The molecule has 1 fully saturated rings. The number of allylic oxidation sites excluding steroid dienone is 1. The summed E-state index contributed by atoms with van der Waals surface area (Å²) >= 11 is 0. The fourth-order valence-corrected chi connectivity index (χ4v) is 2.89. The number of rotatable bonds is 3. The van der Waals surface area contributed by atoms with Crippen molar-refractivity contribution in [3.63, 3.8) is 0 Å². The van der Waals surface area contributed by atoms with Crippen molar-refractivity contribution < 1.29 is 4.74 Å². The van der Waals surface area contributed by atoms with Crippen LogP contribution in [0.4, 0.5) is 0 Å². The smallest absolute Gasteiger partial charge is 0.204 e. The number of nitrogens with zero attached hydrogens (tertiary/aromatic N) is 2. The summed E-state index contributed by atoms with van der Waals surface area (Å²) in [4.78, 5) is 4.81. The molecule has 1 heterocycles. The Bertz CT molecular complexity index is 414. The van der Waals surface area contributed by atoms with Crippen molar-refractivity contribution in [3.8, 4) is 6.07 Å². The van der Waals surface area contributed by atoms with Gasteiger partial charge in [-0.3, -0.25) is 4.99 Å². The summed E-state index contributed by atoms with van der Waals surface area (Å²) in [6.45, 7) is 2.13. The largest absolute Gasteiger partial charge is 0.475 e. The molecule has 1 aliphatic carbocycles. The lowest BCUT2D eigenvalue weighted by atomic mass is 9.94. The van der Waals surface area contributed by atoms with Gasteiger partial charge in [0.1, 0.15) is 17.7 Å². The molecule has 2 aliphatic rings. The van der Waals surface area contributed by atoms with E-state index < -0.39 is 0 Å². The van der Waals surface area contributed by atoms with Gasteiger partial charge in [-0.15, -0.1) is 0 Å². The number of ether oxygens (including phenoxy) is 1. The predicted octanol–water partition coefficient (Wildman–Crippen LogP) is 3.04. The highest BCUT2D eigenvalue weighted by Gasteiger charge is 2.26. The highest BCUT2D eigenvalue weighted by Crippen LogP contribution is 2.26. The normalized spacial score (nSPS) is 27.2. The van der Waals surface area contributed by atoms with E-state index in [9.17, 15) is 5.26 Å². The molecule has 1 saturated carbocycles. The van der Waals surface area contributed by atoms with Gasteiger partial charge in [0, 0.05) is 6.42 Å². The predicted molar refractivity (Wildman–Crippen MR) is 75.5 cm³/mol. The third kappa shape index (κ3) is 3.50. The second kappa shape index (κ2) is 6.60. The Morgan fingerprint density at radius 1 is 1.37 bits per heavy atom. The second-order valence-electron chi connectivity index (χ2n) is 5.45. The molecule has 19 heavy (non-hydrogen) atoms. The summed E-state index contributed by atoms with van der Waals surface area (Å²) in [5.74, 6) is 0.266. The average Bonchev–Trinajstić information content (AvgIpc) is 2.40. The van der Waals surface area contributed by atoms with Crippen LogP contribution in [0.5, 0.6) is 0 Å². The van der Waals surface area contributed by atoms with Crippen LogP contribution in [-0.2, 0) is 4.74 Å². The molecule has 0 amide bonds. The molecule has 0 spiro atoms. The van der Waals surface area contributed by atoms with Crippen molar-refractivity contribution in [1.82, 2.24) is 0 Å². The van der Waals surface area contributed by atoms with Gasteiger partial charge in [-0.25, -0.2) is 0 Å². The molecular weight excluding hydrogens is 238 g/mol. The molecule has 1 atom stereocenters. The van der Waals surface area contributed by atoms with Crippen LogP contribution in [0.1, 0.15) is 58.3 Å². The lowest BCUT2D eigenvalue weighted by Gasteiger charge is -2.27. The molecule has 0 bridgehead atoms. The molecule has 0 aromatic carbocycles. The minimum absolute atomic E-state index is 0.0874. The summed E-state index contributed by atoms with van der Waals surface area (Å²) in [6.07, 6.45) is 8.92. The van der Waals surface area contributed by atoms with Crippen LogP contribution in [0.3, 0.4) is 0 Å². The molecule has 1 unspecified atom stereocenters. The van der Waals surface area contributed by atoms with Crippen molar-refractivity contribution in [2.75, 3.05) is 0 Å². The average molecular weight is 261 g/mol. The molecule has 0 aromatic rings. The zero-order chi connectivity index (χ0) is 13.7. The Labute approximate surface area is 115 Å². The maximum atomic E-state index is 9.23. The summed E-state index contributed by atoms with van der Waals surface area (Å²) < 4.78 is 5.60. The van der Waals surface area contributed by atoms with Gasteiger partial charge >= 0.3 is 0 Å². The first-order valence-corrected chi connectivity index (χ1v) is 7.38. The SMILES string of the molecule is CCCC1CC(=NC2CCCCC2)C(C#N)=C(N)O1. The monoisotopic (exact) mass is 261 g/mol. The molecular formula is C15H23N3O. The maximum absolute atomic E-state index is 9.23. The Hall–Kier alpha value is -1.50. The molecule has 104 valence electrons. The van der Waals surface area contributed by atoms with Crippen molar-refractivity contribution in [2.24, 2.45) is 10.7 Å². The Morgan fingerprint density at radius 2 is 2.11 bits per heavy atom. The quantitative estimate of drug-likeness (QED) is 0.848. The van der Waals surface area contributed by atoms with Crippen LogP contribution < -0.4 is 5.73 Å². The van der Waals surface area contributed by atoms with Gasteiger partial charge < -0.3 is 10.5 Å².